The van der Waals surface area contributed by atoms with Crippen molar-refractivity contribution in [3.63, 3.8) is 0 Å². The van der Waals surface area contributed by atoms with Gasteiger partial charge >= 0.3 is 0 Å². The average molecular weight is 212 g/mol. The van der Waals surface area contributed by atoms with Crippen molar-refractivity contribution in [2.75, 3.05) is 6.54 Å². The van der Waals surface area contributed by atoms with Gasteiger partial charge in [0.25, 0.3) is 0 Å². The highest BCUT2D eigenvalue weighted by atomic mass is 16.1. The summed E-state index contributed by atoms with van der Waals surface area (Å²) in [5.74, 6) is 0.567. The number of carbonyl (C=O) groups excluding carboxylic acids is 1. The molecule has 0 aliphatic heterocycles. The van der Waals surface area contributed by atoms with E-state index in [9.17, 15) is 4.79 Å². The highest BCUT2D eigenvalue weighted by molar-refractivity contribution is 5.76. The lowest BCUT2D eigenvalue weighted by Crippen LogP contribution is -2.35. The Balaban J connectivity index is 2.24. The number of hydrogen-bond acceptors (Lipinski definition) is 2. The molecule has 1 aliphatic rings. The monoisotopic (exact) mass is 212 g/mol. The highest BCUT2D eigenvalue weighted by Gasteiger charge is 2.26. The summed E-state index contributed by atoms with van der Waals surface area (Å²) in [4.78, 5) is 11.6. The molecule has 0 unspecified atom stereocenters. The van der Waals surface area contributed by atoms with Gasteiger partial charge in [-0.15, -0.1) is 0 Å². The zero-order chi connectivity index (χ0) is 11.5. The van der Waals surface area contributed by atoms with E-state index >= 15 is 0 Å². The van der Waals surface area contributed by atoms with Crippen LogP contribution in [0.4, 0.5) is 0 Å². The molecule has 3 heteroatoms. The van der Waals surface area contributed by atoms with Crippen molar-refractivity contribution in [2.45, 2.75) is 52.5 Å². The lowest BCUT2D eigenvalue weighted by molar-refractivity contribution is -0.122. The fourth-order valence-corrected chi connectivity index (χ4v) is 1.99. The maximum atomic E-state index is 11.6. The maximum Gasteiger partial charge on any atom is 0.220 e. The van der Waals surface area contributed by atoms with Crippen molar-refractivity contribution >= 4 is 5.91 Å². The molecule has 2 atom stereocenters. The first-order chi connectivity index (χ1) is 6.88. The Bertz CT molecular complexity index is 220. The molecule has 1 saturated carbocycles. The molecule has 0 heterocycles. The third-order valence-corrected chi connectivity index (χ3v) is 2.98. The van der Waals surface area contributed by atoms with Crippen molar-refractivity contribution in [1.29, 1.82) is 0 Å². The number of hydrogen-bond donors (Lipinski definition) is 2. The van der Waals surface area contributed by atoms with Gasteiger partial charge in [0.1, 0.15) is 0 Å². The largest absolute Gasteiger partial charge is 0.356 e. The van der Waals surface area contributed by atoms with E-state index in [1.165, 1.54) is 6.42 Å². The molecule has 1 fully saturated rings. The minimum atomic E-state index is 0.160. The van der Waals surface area contributed by atoms with Gasteiger partial charge in [-0.05, 0) is 24.2 Å². The standard InChI is InChI=1S/C12H24N2O/c1-12(2,3)8-14-11(15)7-9-5-4-6-10(9)13/h9-10H,4-8,13H2,1-3H3,(H,14,15)/t9-,10+/m0/s1. The Morgan fingerprint density at radius 2 is 2.07 bits per heavy atom. The van der Waals surface area contributed by atoms with E-state index in [1.807, 2.05) is 0 Å². The van der Waals surface area contributed by atoms with Crippen LogP contribution < -0.4 is 11.1 Å². The molecule has 0 radical (unpaired) electrons. The predicted octanol–water partition coefficient (Wildman–Crippen LogP) is 1.67. The van der Waals surface area contributed by atoms with Gasteiger partial charge in [0, 0.05) is 19.0 Å². The third kappa shape index (κ3) is 4.65. The van der Waals surface area contributed by atoms with Gasteiger partial charge in [0.15, 0.2) is 0 Å². The molecule has 3 N–H and O–H groups in total. The molecular weight excluding hydrogens is 188 g/mol. The van der Waals surface area contributed by atoms with Crippen molar-refractivity contribution in [2.24, 2.45) is 17.1 Å². The number of carbonyl (C=O) groups is 1. The smallest absolute Gasteiger partial charge is 0.220 e. The zero-order valence-corrected chi connectivity index (χ0v) is 10.2. The predicted molar refractivity (Wildman–Crippen MR) is 62.4 cm³/mol. The molecule has 0 bridgehead atoms. The summed E-state index contributed by atoms with van der Waals surface area (Å²) in [5.41, 5.74) is 6.09. The number of rotatable bonds is 3. The SMILES string of the molecule is CC(C)(C)CNC(=O)C[C@@H]1CCC[C@H]1N. The quantitative estimate of drug-likeness (QED) is 0.747. The van der Waals surface area contributed by atoms with Crippen LogP contribution in [0.1, 0.15) is 46.5 Å². The van der Waals surface area contributed by atoms with Crippen LogP contribution in [-0.2, 0) is 4.79 Å². The fourth-order valence-electron chi connectivity index (χ4n) is 1.99. The minimum absolute atomic E-state index is 0.160. The van der Waals surface area contributed by atoms with E-state index in [0.29, 0.717) is 12.3 Å². The summed E-state index contributed by atoms with van der Waals surface area (Å²) in [6, 6.07) is 0.241. The lowest BCUT2D eigenvalue weighted by Gasteiger charge is -2.20. The molecule has 1 aliphatic carbocycles. The van der Waals surface area contributed by atoms with Gasteiger partial charge < -0.3 is 11.1 Å². The Morgan fingerprint density at radius 1 is 1.40 bits per heavy atom. The molecule has 0 aromatic carbocycles. The number of nitrogens with two attached hydrogens (primary N) is 1. The second kappa shape index (κ2) is 4.97. The van der Waals surface area contributed by atoms with Gasteiger partial charge in [0.05, 0.1) is 0 Å². The van der Waals surface area contributed by atoms with E-state index in [2.05, 4.69) is 26.1 Å². The fraction of sp³-hybridized carbons (Fsp3) is 0.917. The molecular formula is C12H24N2O. The second-order valence-corrected chi connectivity index (χ2v) is 5.90. The molecule has 3 nitrogen and oxygen atoms in total. The normalized spacial score (nSPS) is 26.7. The summed E-state index contributed by atoms with van der Waals surface area (Å²) in [6.45, 7) is 7.10. The van der Waals surface area contributed by atoms with E-state index in [0.717, 1.165) is 19.4 Å². The third-order valence-electron chi connectivity index (χ3n) is 2.98. The summed E-state index contributed by atoms with van der Waals surface area (Å²) in [5, 5.41) is 2.98. The van der Waals surface area contributed by atoms with E-state index < -0.39 is 0 Å². The zero-order valence-electron chi connectivity index (χ0n) is 10.2. The molecule has 0 saturated heterocycles. The van der Waals surface area contributed by atoms with Gasteiger partial charge in [-0.1, -0.05) is 27.2 Å². The second-order valence-electron chi connectivity index (χ2n) is 5.90. The van der Waals surface area contributed by atoms with E-state index in [4.69, 9.17) is 5.73 Å². The highest BCUT2D eigenvalue weighted by Crippen LogP contribution is 2.26. The average Bonchev–Trinajstić information content (AvgIpc) is 2.47. The van der Waals surface area contributed by atoms with Gasteiger partial charge in [-0.2, -0.15) is 0 Å². The van der Waals surface area contributed by atoms with Crippen LogP contribution in [0, 0.1) is 11.3 Å². The van der Waals surface area contributed by atoms with Gasteiger partial charge in [-0.25, -0.2) is 0 Å². The Kier molecular flexibility index (Phi) is 4.14. The van der Waals surface area contributed by atoms with Crippen molar-refractivity contribution < 1.29 is 4.79 Å². The van der Waals surface area contributed by atoms with E-state index in [1.54, 1.807) is 0 Å². The first-order valence-corrected chi connectivity index (χ1v) is 5.91. The topological polar surface area (TPSA) is 55.1 Å². The molecule has 88 valence electrons. The van der Waals surface area contributed by atoms with Crippen LogP contribution in [-0.4, -0.2) is 18.5 Å². The van der Waals surface area contributed by atoms with E-state index in [-0.39, 0.29) is 17.4 Å². The molecule has 0 aromatic heterocycles. The summed E-state index contributed by atoms with van der Waals surface area (Å²) >= 11 is 0. The first kappa shape index (κ1) is 12.5. The van der Waals surface area contributed by atoms with Crippen LogP contribution in [0.25, 0.3) is 0 Å². The Morgan fingerprint density at radius 3 is 2.53 bits per heavy atom. The van der Waals surface area contributed by atoms with Crippen LogP contribution in [0.5, 0.6) is 0 Å². The number of nitrogens with one attached hydrogen (secondary N) is 1. The molecule has 1 rings (SSSR count). The first-order valence-electron chi connectivity index (χ1n) is 5.91. The molecule has 1 amide bonds. The minimum Gasteiger partial charge on any atom is -0.356 e. The van der Waals surface area contributed by atoms with Gasteiger partial charge in [0.2, 0.25) is 5.91 Å². The van der Waals surface area contributed by atoms with Crippen molar-refractivity contribution in [3.05, 3.63) is 0 Å². The summed E-state index contributed by atoms with van der Waals surface area (Å²) in [7, 11) is 0. The Labute approximate surface area is 92.8 Å². The van der Waals surface area contributed by atoms with Crippen molar-refractivity contribution in [1.82, 2.24) is 5.32 Å². The van der Waals surface area contributed by atoms with Crippen LogP contribution >= 0.6 is 0 Å². The van der Waals surface area contributed by atoms with Crippen LogP contribution in [0.2, 0.25) is 0 Å². The van der Waals surface area contributed by atoms with Gasteiger partial charge in [-0.3, -0.25) is 4.79 Å². The lowest BCUT2D eigenvalue weighted by atomic mass is 9.96. The molecule has 15 heavy (non-hydrogen) atoms. The number of amides is 1. The summed E-state index contributed by atoms with van der Waals surface area (Å²) in [6.07, 6.45) is 3.98. The van der Waals surface area contributed by atoms with Crippen LogP contribution in [0.15, 0.2) is 0 Å². The summed E-state index contributed by atoms with van der Waals surface area (Å²) < 4.78 is 0. The molecule has 0 spiro atoms. The molecule has 0 aromatic rings. The van der Waals surface area contributed by atoms with Crippen LogP contribution in [0.3, 0.4) is 0 Å². The Hall–Kier alpha value is -0.570. The van der Waals surface area contributed by atoms with Crippen molar-refractivity contribution in [3.8, 4) is 0 Å². The maximum absolute atomic E-state index is 11.6.